The molecule has 2 aliphatic carbocycles. The van der Waals surface area contributed by atoms with Gasteiger partial charge >= 0.3 is 35.8 Å². The molecule has 15 heteroatoms. The van der Waals surface area contributed by atoms with Crippen molar-refractivity contribution in [2.45, 2.75) is 123 Å². The van der Waals surface area contributed by atoms with Gasteiger partial charge in [-0.3, -0.25) is 28.8 Å². The van der Waals surface area contributed by atoms with Crippen LogP contribution in [0, 0.1) is 29.1 Å². The zero-order valence-corrected chi connectivity index (χ0v) is 31.5. The van der Waals surface area contributed by atoms with E-state index in [0.717, 1.165) is 13.8 Å². The SMILES string of the molecule is COCC1=CC2OC(=O)C(C)C2(O)C(OC(C)=O)C2C3(CO3)C(OC(=O)CC(C)C)C(OC(=O)CC(C)C)C(OC(C)=O)C2(C)C(OC(C)=O)C=C1. The predicted molar refractivity (Wildman–Crippen MR) is 179 cm³/mol. The summed E-state index contributed by atoms with van der Waals surface area (Å²) in [5.74, 6) is -7.72. The fraction of sp³-hybridized carbons (Fsp3) is 0.730. The first kappa shape index (κ1) is 40.9. The van der Waals surface area contributed by atoms with Gasteiger partial charge in [0.15, 0.2) is 30.0 Å². The van der Waals surface area contributed by atoms with Gasteiger partial charge in [-0.1, -0.05) is 40.7 Å². The normalized spacial score (nSPS) is 36.6. The Balaban J connectivity index is 2.15. The van der Waals surface area contributed by atoms with E-state index in [-0.39, 0.29) is 37.9 Å². The van der Waals surface area contributed by atoms with Crippen molar-refractivity contribution < 1.29 is 71.8 Å². The van der Waals surface area contributed by atoms with Crippen molar-refractivity contribution >= 4 is 35.8 Å². The molecule has 2 aliphatic heterocycles. The quantitative estimate of drug-likeness (QED) is 0.184. The van der Waals surface area contributed by atoms with Gasteiger partial charge in [0.25, 0.3) is 0 Å². The molecule has 0 amide bonds. The lowest BCUT2D eigenvalue weighted by atomic mass is 9.51. The molecule has 1 saturated carbocycles. The standard InChI is InChI=1S/C37H52O15/c1-18(2)13-27(41)51-29-31(48-22(7)39)35(9)25(47-21(6)38)12-11-24(16-45-10)15-26-37(44,20(5)34(43)50-26)33(49-23(8)40)30(35)36(17-46-36)32(29)52-28(42)14-19(3)4/h11-12,15,18-20,25-26,29-33,44H,13-14,16-17H2,1-10H3. The molecule has 2 saturated heterocycles. The van der Waals surface area contributed by atoms with E-state index in [9.17, 15) is 33.9 Å². The summed E-state index contributed by atoms with van der Waals surface area (Å²) in [6, 6.07) is 0. The van der Waals surface area contributed by atoms with E-state index >= 15 is 0 Å². The summed E-state index contributed by atoms with van der Waals surface area (Å²) in [4.78, 5) is 79.5. The van der Waals surface area contributed by atoms with E-state index in [1.165, 1.54) is 33.1 Å². The van der Waals surface area contributed by atoms with Gasteiger partial charge < -0.3 is 43.0 Å². The van der Waals surface area contributed by atoms with E-state index in [1.807, 2.05) is 0 Å². The first-order chi connectivity index (χ1) is 24.2. The van der Waals surface area contributed by atoms with Gasteiger partial charge in [0.2, 0.25) is 0 Å². The van der Waals surface area contributed by atoms with E-state index in [4.69, 9.17) is 37.9 Å². The number of rotatable bonds is 11. The third kappa shape index (κ3) is 7.91. The van der Waals surface area contributed by atoms with E-state index in [0.29, 0.717) is 5.57 Å². The minimum atomic E-state index is -2.34. The van der Waals surface area contributed by atoms with Crippen molar-refractivity contribution in [1.82, 2.24) is 0 Å². The highest BCUT2D eigenvalue weighted by Crippen LogP contribution is 2.63. The smallest absolute Gasteiger partial charge is 0.312 e. The fourth-order valence-electron chi connectivity index (χ4n) is 7.96. The molecule has 1 N–H and O–H groups in total. The van der Waals surface area contributed by atoms with Crippen LogP contribution < -0.4 is 0 Å². The molecule has 0 aromatic heterocycles. The van der Waals surface area contributed by atoms with Crippen LogP contribution >= 0.6 is 0 Å². The number of hydrogen-bond donors (Lipinski definition) is 1. The zero-order valence-electron chi connectivity index (χ0n) is 31.5. The number of epoxide rings is 1. The average Bonchev–Trinajstić information content (AvgIpc) is 3.76. The number of fused-ring (bicyclic) bond motifs is 3. The summed E-state index contributed by atoms with van der Waals surface area (Å²) < 4.78 is 47.7. The number of aliphatic hydroxyl groups is 1. The minimum Gasteiger partial charge on any atom is -0.459 e. The summed E-state index contributed by atoms with van der Waals surface area (Å²) in [5.41, 5.74) is -5.51. The minimum absolute atomic E-state index is 0.0515. The maximum absolute atomic E-state index is 13.5. The van der Waals surface area contributed by atoms with Gasteiger partial charge in [-0.15, -0.1) is 0 Å². The molecular formula is C37H52O15. The Labute approximate surface area is 303 Å². The molecule has 0 bridgehead atoms. The molecule has 11 unspecified atom stereocenters. The largest absolute Gasteiger partial charge is 0.459 e. The predicted octanol–water partition coefficient (Wildman–Crippen LogP) is 2.54. The summed E-state index contributed by atoms with van der Waals surface area (Å²) in [7, 11) is 1.43. The lowest BCUT2D eigenvalue weighted by molar-refractivity contribution is -0.280. The van der Waals surface area contributed by atoms with Crippen molar-refractivity contribution in [3.8, 4) is 0 Å². The Kier molecular flexibility index (Phi) is 12.3. The van der Waals surface area contributed by atoms with Gasteiger partial charge in [0, 0.05) is 46.6 Å². The molecule has 0 radical (unpaired) electrons. The highest BCUT2D eigenvalue weighted by Gasteiger charge is 2.81. The number of methoxy groups -OCH3 is 1. The van der Waals surface area contributed by atoms with Crippen molar-refractivity contribution in [1.29, 1.82) is 0 Å². The van der Waals surface area contributed by atoms with Crippen molar-refractivity contribution in [2.24, 2.45) is 29.1 Å². The van der Waals surface area contributed by atoms with Gasteiger partial charge in [-0.25, -0.2) is 0 Å². The van der Waals surface area contributed by atoms with Gasteiger partial charge in [-0.05, 0) is 36.5 Å². The summed E-state index contributed by atoms with van der Waals surface area (Å²) >= 11 is 0. The second-order valence-corrected chi connectivity index (χ2v) is 15.2. The summed E-state index contributed by atoms with van der Waals surface area (Å²) in [5, 5.41) is 12.9. The van der Waals surface area contributed by atoms with Crippen LogP contribution in [0.5, 0.6) is 0 Å². The molecule has 290 valence electrons. The number of carbonyl (C=O) groups excluding carboxylic acids is 6. The lowest BCUT2D eigenvalue weighted by Gasteiger charge is -2.59. The Hall–Kier alpha value is -3.82. The molecule has 0 aromatic carbocycles. The number of carbonyl (C=O) groups is 6. The van der Waals surface area contributed by atoms with Crippen LogP contribution in [0.2, 0.25) is 0 Å². The highest BCUT2D eigenvalue weighted by molar-refractivity contribution is 5.78. The lowest BCUT2D eigenvalue weighted by Crippen LogP contribution is -2.76. The van der Waals surface area contributed by atoms with Crippen LogP contribution in [0.3, 0.4) is 0 Å². The Bertz CT molecular complexity index is 1480. The van der Waals surface area contributed by atoms with E-state index in [2.05, 4.69) is 0 Å². The highest BCUT2D eigenvalue weighted by atomic mass is 16.7. The molecule has 4 rings (SSSR count). The second-order valence-electron chi connectivity index (χ2n) is 15.2. The monoisotopic (exact) mass is 736 g/mol. The number of hydrogen-bond acceptors (Lipinski definition) is 15. The van der Waals surface area contributed by atoms with Gasteiger partial charge in [0.05, 0.1) is 24.5 Å². The molecule has 1 spiro atoms. The van der Waals surface area contributed by atoms with Crippen LogP contribution in [0.1, 0.15) is 75.2 Å². The topological polar surface area (TPSA) is 200 Å². The van der Waals surface area contributed by atoms with Gasteiger partial charge in [-0.2, -0.15) is 0 Å². The van der Waals surface area contributed by atoms with E-state index in [1.54, 1.807) is 40.7 Å². The average molecular weight is 737 g/mol. The third-order valence-electron chi connectivity index (χ3n) is 10.2. The van der Waals surface area contributed by atoms with Crippen molar-refractivity contribution in [3.63, 3.8) is 0 Å². The molecule has 11 atom stereocenters. The summed E-state index contributed by atoms with van der Waals surface area (Å²) in [6.07, 6.45) is -4.82. The third-order valence-corrected chi connectivity index (χ3v) is 10.2. The number of esters is 6. The fourth-order valence-corrected chi connectivity index (χ4v) is 7.96. The van der Waals surface area contributed by atoms with Crippen LogP contribution in [0.4, 0.5) is 0 Å². The molecule has 2 heterocycles. The first-order valence-corrected chi connectivity index (χ1v) is 17.6. The Morgan fingerprint density at radius 1 is 0.865 bits per heavy atom. The molecule has 4 aliphatic rings. The second kappa shape index (κ2) is 15.7. The molecule has 3 fully saturated rings. The van der Waals surface area contributed by atoms with Crippen molar-refractivity contribution in [3.05, 3.63) is 23.8 Å². The van der Waals surface area contributed by atoms with Crippen LogP contribution in [0.15, 0.2) is 23.8 Å². The molecular weight excluding hydrogens is 684 g/mol. The number of ether oxygens (including phenoxy) is 8. The van der Waals surface area contributed by atoms with Crippen LogP contribution in [0.25, 0.3) is 0 Å². The molecule has 52 heavy (non-hydrogen) atoms. The van der Waals surface area contributed by atoms with Crippen molar-refractivity contribution in [2.75, 3.05) is 20.3 Å². The van der Waals surface area contributed by atoms with Crippen LogP contribution in [-0.4, -0.2) is 109 Å². The Morgan fingerprint density at radius 2 is 1.40 bits per heavy atom. The first-order valence-electron chi connectivity index (χ1n) is 17.6. The zero-order chi connectivity index (χ0) is 38.9. The molecule has 15 nitrogen and oxygen atoms in total. The van der Waals surface area contributed by atoms with Crippen LogP contribution in [-0.2, 0) is 66.7 Å². The maximum Gasteiger partial charge on any atom is 0.312 e. The van der Waals surface area contributed by atoms with Gasteiger partial charge in [0.1, 0.15) is 17.8 Å². The maximum atomic E-state index is 13.5. The molecule has 0 aromatic rings. The Morgan fingerprint density at radius 3 is 1.90 bits per heavy atom. The summed E-state index contributed by atoms with van der Waals surface area (Å²) in [6.45, 7) is 13.3. The van der Waals surface area contributed by atoms with E-state index < -0.39 is 101 Å².